The van der Waals surface area contributed by atoms with Crippen molar-refractivity contribution < 1.29 is 19.1 Å². The largest absolute Gasteiger partial charge is 0.466 e. The fraction of sp³-hybridized carbons (Fsp3) is 0.286. The number of nitrogens with zero attached hydrogens (tertiary/aromatic N) is 1. The minimum absolute atomic E-state index is 0.0922. The van der Waals surface area contributed by atoms with Crippen molar-refractivity contribution in [3.05, 3.63) is 88.9 Å². The Morgan fingerprint density at radius 1 is 1.00 bits per heavy atom. The molecular weight excluding hydrogens is 464 g/mol. The number of benzene rings is 3. The lowest BCUT2D eigenvalue weighted by Crippen LogP contribution is -2.40. The molecule has 3 aromatic carbocycles. The molecule has 0 saturated carbocycles. The first-order valence-corrected chi connectivity index (χ1v) is 12.2. The third-order valence-corrected chi connectivity index (χ3v) is 6.33. The number of amides is 2. The van der Waals surface area contributed by atoms with Crippen LogP contribution in [-0.2, 0) is 16.0 Å². The highest BCUT2D eigenvalue weighted by Gasteiger charge is 2.23. The van der Waals surface area contributed by atoms with Crippen molar-refractivity contribution in [1.29, 1.82) is 0 Å². The Morgan fingerprint density at radius 2 is 1.71 bits per heavy atom. The van der Waals surface area contributed by atoms with Crippen molar-refractivity contribution in [1.82, 2.24) is 4.90 Å². The molecule has 1 fully saturated rings. The molecule has 0 aliphatic carbocycles. The van der Waals surface area contributed by atoms with Crippen LogP contribution in [0.25, 0.3) is 0 Å². The number of nitrogens with one attached hydrogen (secondary N) is 1. The quantitative estimate of drug-likeness (QED) is 0.375. The SMILES string of the molecule is CCOC(=O)Cc1ccc(Oc2ccc(NC(=O)N3CCC(c4ccccc4)CC3)cc2)c(Cl)c1. The number of hydrogen-bond acceptors (Lipinski definition) is 4. The first-order chi connectivity index (χ1) is 17.0. The van der Waals surface area contributed by atoms with Crippen molar-refractivity contribution in [2.45, 2.75) is 32.1 Å². The summed E-state index contributed by atoms with van der Waals surface area (Å²) in [5.74, 6) is 1.28. The summed E-state index contributed by atoms with van der Waals surface area (Å²) in [6.45, 7) is 3.58. The fourth-order valence-electron chi connectivity index (χ4n) is 4.19. The van der Waals surface area contributed by atoms with Crippen LogP contribution in [0.2, 0.25) is 5.02 Å². The van der Waals surface area contributed by atoms with Crippen LogP contribution in [0.5, 0.6) is 11.5 Å². The van der Waals surface area contributed by atoms with Gasteiger partial charge in [0.15, 0.2) is 0 Å². The van der Waals surface area contributed by atoms with Gasteiger partial charge in [0.2, 0.25) is 0 Å². The number of urea groups is 1. The van der Waals surface area contributed by atoms with Gasteiger partial charge in [-0.05, 0) is 73.2 Å². The summed E-state index contributed by atoms with van der Waals surface area (Å²) in [5.41, 5.74) is 2.80. The van der Waals surface area contributed by atoms with Gasteiger partial charge >= 0.3 is 12.0 Å². The highest BCUT2D eigenvalue weighted by Crippen LogP contribution is 2.31. The predicted octanol–water partition coefficient (Wildman–Crippen LogP) is 6.65. The highest BCUT2D eigenvalue weighted by molar-refractivity contribution is 6.32. The van der Waals surface area contributed by atoms with Gasteiger partial charge in [0, 0.05) is 18.8 Å². The maximum Gasteiger partial charge on any atom is 0.321 e. The van der Waals surface area contributed by atoms with Crippen LogP contribution in [0, 0.1) is 0 Å². The molecule has 1 aliphatic heterocycles. The topological polar surface area (TPSA) is 67.9 Å². The van der Waals surface area contributed by atoms with Gasteiger partial charge in [0.05, 0.1) is 18.1 Å². The molecule has 0 bridgehead atoms. The molecule has 0 atom stereocenters. The lowest BCUT2D eigenvalue weighted by molar-refractivity contribution is -0.142. The average molecular weight is 493 g/mol. The van der Waals surface area contributed by atoms with Crippen molar-refractivity contribution >= 4 is 29.3 Å². The van der Waals surface area contributed by atoms with Gasteiger partial charge in [-0.1, -0.05) is 48.0 Å². The number of likely N-dealkylation sites (tertiary alicyclic amines) is 1. The second kappa shape index (κ2) is 11.8. The van der Waals surface area contributed by atoms with Gasteiger partial charge in [0.1, 0.15) is 11.5 Å². The van der Waals surface area contributed by atoms with Crippen LogP contribution in [-0.4, -0.2) is 36.6 Å². The predicted molar refractivity (Wildman–Crippen MR) is 137 cm³/mol. The summed E-state index contributed by atoms with van der Waals surface area (Å²) in [4.78, 5) is 26.2. The Labute approximate surface area is 210 Å². The summed E-state index contributed by atoms with van der Waals surface area (Å²) >= 11 is 6.34. The van der Waals surface area contributed by atoms with E-state index in [9.17, 15) is 9.59 Å². The second-order valence-electron chi connectivity index (χ2n) is 8.48. The number of hydrogen-bond donors (Lipinski definition) is 1. The average Bonchev–Trinajstić information content (AvgIpc) is 2.87. The number of carbonyl (C=O) groups excluding carboxylic acids is 2. The molecule has 35 heavy (non-hydrogen) atoms. The van der Waals surface area contributed by atoms with E-state index in [-0.39, 0.29) is 18.4 Å². The Balaban J connectivity index is 1.28. The molecule has 1 heterocycles. The lowest BCUT2D eigenvalue weighted by Gasteiger charge is -2.32. The number of anilines is 1. The molecule has 1 N–H and O–H groups in total. The van der Waals surface area contributed by atoms with Crippen molar-refractivity contribution in [3.8, 4) is 11.5 Å². The maximum absolute atomic E-state index is 12.7. The Morgan fingerprint density at radius 3 is 2.37 bits per heavy atom. The molecular formula is C28H29ClN2O4. The Bertz CT molecular complexity index is 1140. The molecule has 4 rings (SSSR count). The molecule has 0 aromatic heterocycles. The number of piperidine rings is 1. The zero-order valence-electron chi connectivity index (χ0n) is 19.7. The van der Waals surface area contributed by atoms with Crippen molar-refractivity contribution in [2.75, 3.05) is 25.0 Å². The molecule has 0 spiro atoms. The van der Waals surface area contributed by atoms with E-state index in [2.05, 4.69) is 29.6 Å². The first kappa shape index (κ1) is 24.6. The summed E-state index contributed by atoms with van der Waals surface area (Å²) in [6.07, 6.45) is 2.08. The molecule has 1 aliphatic rings. The van der Waals surface area contributed by atoms with E-state index in [1.807, 2.05) is 11.0 Å². The number of carbonyl (C=O) groups is 2. The molecule has 182 valence electrons. The van der Waals surface area contributed by atoms with Crippen LogP contribution < -0.4 is 10.1 Å². The first-order valence-electron chi connectivity index (χ1n) is 11.8. The zero-order chi connectivity index (χ0) is 24.6. The number of rotatable bonds is 7. The van der Waals surface area contributed by atoms with Crippen LogP contribution in [0.15, 0.2) is 72.8 Å². The van der Waals surface area contributed by atoms with Gasteiger partial charge < -0.3 is 19.7 Å². The molecule has 3 aromatic rings. The van der Waals surface area contributed by atoms with Crippen molar-refractivity contribution in [3.63, 3.8) is 0 Å². The highest BCUT2D eigenvalue weighted by atomic mass is 35.5. The monoisotopic (exact) mass is 492 g/mol. The fourth-order valence-corrected chi connectivity index (χ4v) is 4.43. The van der Waals surface area contributed by atoms with E-state index in [4.69, 9.17) is 21.1 Å². The standard InChI is InChI=1S/C28H29ClN2O4/c1-2-34-27(32)19-20-8-13-26(25(29)18-20)35-24-11-9-23(10-12-24)30-28(33)31-16-14-22(15-17-31)21-6-4-3-5-7-21/h3-13,18,22H,2,14-17,19H2,1H3,(H,30,33). The number of halogens is 1. The van der Waals surface area contributed by atoms with Gasteiger partial charge in [-0.15, -0.1) is 0 Å². The van der Waals surface area contributed by atoms with Gasteiger partial charge in [0.25, 0.3) is 0 Å². The summed E-state index contributed by atoms with van der Waals surface area (Å²) in [6, 6.07) is 22.8. The molecule has 1 saturated heterocycles. The van der Waals surface area contributed by atoms with E-state index in [0.717, 1.165) is 31.5 Å². The molecule has 0 unspecified atom stereocenters. The van der Waals surface area contributed by atoms with Gasteiger partial charge in [-0.3, -0.25) is 4.79 Å². The van der Waals surface area contributed by atoms with E-state index in [0.29, 0.717) is 34.7 Å². The van der Waals surface area contributed by atoms with Crippen molar-refractivity contribution in [2.24, 2.45) is 0 Å². The second-order valence-corrected chi connectivity index (χ2v) is 8.88. The third-order valence-electron chi connectivity index (χ3n) is 6.04. The Kier molecular flexibility index (Phi) is 8.27. The lowest BCUT2D eigenvalue weighted by atomic mass is 9.90. The zero-order valence-corrected chi connectivity index (χ0v) is 20.5. The number of ether oxygens (including phenoxy) is 2. The van der Waals surface area contributed by atoms with E-state index in [1.54, 1.807) is 49.4 Å². The molecule has 2 amide bonds. The van der Waals surface area contributed by atoms with E-state index < -0.39 is 0 Å². The summed E-state index contributed by atoms with van der Waals surface area (Å²) in [5, 5.41) is 3.37. The minimum Gasteiger partial charge on any atom is -0.466 e. The van der Waals surface area contributed by atoms with Gasteiger partial charge in [-0.2, -0.15) is 0 Å². The molecule has 0 radical (unpaired) electrons. The van der Waals surface area contributed by atoms with Gasteiger partial charge in [-0.25, -0.2) is 4.79 Å². The number of esters is 1. The summed E-state index contributed by atoms with van der Waals surface area (Å²) in [7, 11) is 0. The molecule has 7 heteroatoms. The van der Waals surface area contributed by atoms with Crippen LogP contribution in [0.4, 0.5) is 10.5 Å². The van der Waals surface area contributed by atoms with E-state index >= 15 is 0 Å². The maximum atomic E-state index is 12.7. The van der Waals surface area contributed by atoms with E-state index in [1.165, 1.54) is 5.56 Å². The molecule has 6 nitrogen and oxygen atoms in total. The third kappa shape index (κ3) is 6.76. The Hall–Kier alpha value is -3.51. The summed E-state index contributed by atoms with van der Waals surface area (Å²) < 4.78 is 10.8. The normalized spacial score (nSPS) is 13.8. The van der Waals surface area contributed by atoms with Crippen LogP contribution in [0.3, 0.4) is 0 Å². The van der Waals surface area contributed by atoms with Crippen LogP contribution in [0.1, 0.15) is 36.8 Å². The van der Waals surface area contributed by atoms with Crippen LogP contribution >= 0.6 is 11.6 Å². The smallest absolute Gasteiger partial charge is 0.321 e. The minimum atomic E-state index is -0.296.